The predicted octanol–water partition coefficient (Wildman–Crippen LogP) is 12.7. The topological polar surface area (TPSA) is 114 Å². The van der Waals surface area contributed by atoms with Crippen molar-refractivity contribution in [3.8, 4) is 45.3 Å². The minimum atomic E-state index is -0.925. The number of hydrogen-bond acceptors (Lipinski definition) is 10. The Morgan fingerprint density at radius 3 is 1.68 bits per heavy atom. The Bertz CT molecular complexity index is 2120. The van der Waals surface area contributed by atoms with E-state index in [1.54, 1.807) is 14.2 Å². The number of methoxy groups -OCH3 is 2. The zero-order valence-electron chi connectivity index (χ0n) is 41.3. The molecule has 0 aliphatic rings. The molecule has 0 aliphatic heterocycles. The lowest BCUT2D eigenvalue weighted by Gasteiger charge is -2.27. The van der Waals surface area contributed by atoms with Crippen molar-refractivity contribution in [2.75, 3.05) is 73.9 Å². The molecule has 0 aromatic heterocycles. The summed E-state index contributed by atoms with van der Waals surface area (Å²) in [7, 11) is 3.26. The monoisotopic (exact) mass is 911 g/mol. The van der Waals surface area contributed by atoms with Crippen molar-refractivity contribution in [3.63, 3.8) is 0 Å². The van der Waals surface area contributed by atoms with Crippen LogP contribution in [0.4, 0.5) is 0 Å². The first-order chi connectivity index (χ1) is 31.8. The highest BCUT2D eigenvalue weighted by Gasteiger charge is 2.25. The SMILES string of the molecule is C=C(C)c1ccc(CCC(=C)c2ccc(C)cc2-c2c(O)cc(CCCCC)cc2OC(C)(C)OC)cc1-c1c(O)cc(CCCCC)cc1OCOCCOCCOCCOCCOC. The second kappa shape index (κ2) is 28.5. The number of phenolic OH excluding ortho intramolecular Hbond substituents is 2. The van der Waals surface area contributed by atoms with E-state index in [0.29, 0.717) is 88.3 Å². The van der Waals surface area contributed by atoms with Crippen LogP contribution in [0.25, 0.3) is 33.4 Å². The van der Waals surface area contributed by atoms with Crippen molar-refractivity contribution >= 4 is 11.1 Å². The van der Waals surface area contributed by atoms with Gasteiger partial charge < -0.3 is 48.1 Å². The molecule has 0 radical (unpaired) electrons. The zero-order chi connectivity index (χ0) is 47.9. The highest BCUT2D eigenvalue weighted by atomic mass is 16.7. The second-order valence-corrected chi connectivity index (χ2v) is 17.4. The highest BCUT2D eigenvalue weighted by molar-refractivity contribution is 5.88. The van der Waals surface area contributed by atoms with Gasteiger partial charge in [0.25, 0.3) is 0 Å². The number of ether oxygens (including phenoxy) is 8. The fourth-order valence-corrected chi connectivity index (χ4v) is 7.70. The summed E-state index contributed by atoms with van der Waals surface area (Å²) in [6.07, 6.45) is 9.42. The van der Waals surface area contributed by atoms with Gasteiger partial charge in [0.05, 0.1) is 64.0 Å². The van der Waals surface area contributed by atoms with Gasteiger partial charge in [0, 0.05) is 28.1 Å². The summed E-state index contributed by atoms with van der Waals surface area (Å²) < 4.78 is 46.0. The molecule has 0 heterocycles. The van der Waals surface area contributed by atoms with E-state index < -0.39 is 5.79 Å². The summed E-state index contributed by atoms with van der Waals surface area (Å²) in [5.41, 5.74) is 10.6. The number of rotatable bonds is 33. The molecule has 10 nitrogen and oxygen atoms in total. The molecule has 4 aromatic carbocycles. The molecule has 362 valence electrons. The summed E-state index contributed by atoms with van der Waals surface area (Å²) in [6, 6.07) is 20.3. The van der Waals surface area contributed by atoms with Crippen LogP contribution in [-0.2, 0) is 47.7 Å². The molecule has 10 heteroatoms. The molecule has 0 bridgehead atoms. The van der Waals surface area contributed by atoms with Crippen LogP contribution in [-0.4, -0.2) is 89.9 Å². The minimum Gasteiger partial charge on any atom is -0.507 e. The van der Waals surface area contributed by atoms with Crippen LogP contribution >= 0.6 is 0 Å². The number of allylic oxidation sites excluding steroid dienone is 2. The number of phenols is 2. The van der Waals surface area contributed by atoms with Gasteiger partial charge in [-0.1, -0.05) is 100 Å². The largest absolute Gasteiger partial charge is 0.507 e. The smallest absolute Gasteiger partial charge is 0.204 e. The van der Waals surface area contributed by atoms with E-state index >= 15 is 0 Å². The van der Waals surface area contributed by atoms with Crippen LogP contribution in [0, 0.1) is 6.92 Å². The van der Waals surface area contributed by atoms with E-state index in [1.165, 1.54) is 0 Å². The summed E-state index contributed by atoms with van der Waals surface area (Å²) in [6.45, 7) is 24.7. The van der Waals surface area contributed by atoms with Gasteiger partial charge in [-0.25, -0.2) is 0 Å². The predicted molar refractivity (Wildman–Crippen MR) is 268 cm³/mol. The van der Waals surface area contributed by atoms with E-state index in [9.17, 15) is 10.2 Å². The third-order valence-corrected chi connectivity index (χ3v) is 11.5. The molecule has 0 saturated carbocycles. The van der Waals surface area contributed by atoms with Gasteiger partial charge in [0.1, 0.15) is 23.0 Å². The molecule has 0 saturated heterocycles. The Balaban J connectivity index is 1.56. The van der Waals surface area contributed by atoms with Crippen LogP contribution in [0.5, 0.6) is 23.0 Å². The molecule has 0 unspecified atom stereocenters. The second-order valence-electron chi connectivity index (χ2n) is 17.4. The lowest BCUT2D eigenvalue weighted by molar-refractivity contribution is -0.133. The Hall–Kier alpha value is -4.68. The van der Waals surface area contributed by atoms with Gasteiger partial charge in [0.2, 0.25) is 5.79 Å². The van der Waals surface area contributed by atoms with Crippen LogP contribution in [0.2, 0.25) is 0 Å². The maximum Gasteiger partial charge on any atom is 0.204 e. The van der Waals surface area contributed by atoms with Gasteiger partial charge in [-0.15, -0.1) is 0 Å². The minimum absolute atomic E-state index is 0.0167. The number of aromatic hydroxyl groups is 2. The standard InChI is InChI=1S/C56H78O10/c1-11-13-15-17-44-35-50(57)54(52(37-44)65-39-64-32-31-63-30-29-62-28-27-61-26-25-59-9)49-34-43(22-24-46(49)40(3)4)21-20-42(6)47-23-19-41(5)33-48(47)55-51(58)36-45(18-16-14-12-2)38-53(55)66-56(7,8)60-10/h19,22-24,33-38,57-58H,3,6,11-18,20-21,25-32,39H2,1-2,4-5,7-10H3. The average molecular weight is 911 g/mol. The Labute approximate surface area is 395 Å². The van der Waals surface area contributed by atoms with Gasteiger partial charge in [-0.3, -0.25) is 0 Å². The molecule has 0 atom stereocenters. The summed E-state index contributed by atoms with van der Waals surface area (Å²) in [4.78, 5) is 0. The molecular weight excluding hydrogens is 833 g/mol. The lowest BCUT2D eigenvalue weighted by Crippen LogP contribution is -2.30. The van der Waals surface area contributed by atoms with E-state index in [-0.39, 0.29) is 18.3 Å². The molecule has 4 aromatic rings. The third kappa shape index (κ3) is 17.2. The molecule has 2 N–H and O–H groups in total. The zero-order valence-corrected chi connectivity index (χ0v) is 41.3. The van der Waals surface area contributed by atoms with Crippen molar-refractivity contribution in [3.05, 3.63) is 107 Å². The van der Waals surface area contributed by atoms with E-state index in [4.69, 9.17) is 37.9 Å². The van der Waals surface area contributed by atoms with Crippen LogP contribution in [0.1, 0.15) is 113 Å². The van der Waals surface area contributed by atoms with E-state index in [1.807, 2.05) is 52.0 Å². The van der Waals surface area contributed by atoms with Gasteiger partial charge in [-0.05, 0) is 121 Å². The highest BCUT2D eigenvalue weighted by Crippen LogP contribution is 2.46. The summed E-state index contributed by atoms with van der Waals surface area (Å²) in [5, 5.41) is 23.5. The van der Waals surface area contributed by atoms with Crippen LogP contribution in [0.3, 0.4) is 0 Å². The fourth-order valence-electron chi connectivity index (χ4n) is 7.70. The van der Waals surface area contributed by atoms with E-state index in [2.05, 4.69) is 63.4 Å². The van der Waals surface area contributed by atoms with E-state index in [0.717, 1.165) is 107 Å². The summed E-state index contributed by atoms with van der Waals surface area (Å²) >= 11 is 0. The Morgan fingerprint density at radius 1 is 0.591 bits per heavy atom. The van der Waals surface area contributed by atoms with Crippen molar-refractivity contribution < 1.29 is 48.1 Å². The first-order valence-corrected chi connectivity index (χ1v) is 23.8. The average Bonchev–Trinajstić information content (AvgIpc) is 3.28. The molecule has 0 amide bonds. The quantitative estimate of drug-likeness (QED) is 0.0354. The van der Waals surface area contributed by atoms with Crippen LogP contribution < -0.4 is 9.47 Å². The number of benzene rings is 4. The molecule has 4 rings (SSSR count). The Kier molecular flexibility index (Phi) is 23.3. The molecular formula is C56H78O10. The maximum absolute atomic E-state index is 11.8. The maximum atomic E-state index is 11.8. The van der Waals surface area contributed by atoms with Gasteiger partial charge in [-0.2, -0.15) is 0 Å². The van der Waals surface area contributed by atoms with Crippen molar-refractivity contribution in [1.29, 1.82) is 0 Å². The molecule has 66 heavy (non-hydrogen) atoms. The van der Waals surface area contributed by atoms with Crippen molar-refractivity contribution in [2.24, 2.45) is 0 Å². The number of unbranched alkanes of at least 4 members (excludes halogenated alkanes) is 4. The fraction of sp³-hybridized carbons (Fsp3) is 0.500. The third-order valence-electron chi connectivity index (χ3n) is 11.5. The lowest BCUT2D eigenvalue weighted by atomic mass is 9.88. The normalized spacial score (nSPS) is 11.6. The summed E-state index contributed by atoms with van der Waals surface area (Å²) in [5.74, 6) is 0.494. The number of aryl methyl sites for hydroxylation is 4. The van der Waals surface area contributed by atoms with Crippen LogP contribution in [0.15, 0.2) is 73.8 Å². The molecule has 0 spiro atoms. The van der Waals surface area contributed by atoms with Gasteiger partial charge >= 0.3 is 0 Å². The van der Waals surface area contributed by atoms with Crippen molar-refractivity contribution in [2.45, 2.75) is 112 Å². The first-order valence-electron chi connectivity index (χ1n) is 23.8. The number of hydrogen-bond donors (Lipinski definition) is 2. The molecule has 0 fully saturated rings. The van der Waals surface area contributed by atoms with Crippen molar-refractivity contribution in [1.82, 2.24) is 0 Å². The Morgan fingerprint density at radius 2 is 1.12 bits per heavy atom. The molecule has 0 aliphatic carbocycles. The first kappa shape index (κ1) is 53.9. The van der Waals surface area contributed by atoms with Gasteiger partial charge in [0.15, 0.2) is 6.79 Å².